The predicted octanol–water partition coefficient (Wildman–Crippen LogP) is 1.44. The molecule has 0 aliphatic heterocycles. The van der Waals surface area contributed by atoms with Gasteiger partial charge in [0.05, 0.1) is 5.70 Å². The molecule has 1 aromatic rings. The number of nitrogens with zero attached hydrogens (tertiary/aromatic N) is 2. The van der Waals surface area contributed by atoms with Crippen molar-refractivity contribution < 1.29 is 14.4 Å². The summed E-state index contributed by atoms with van der Waals surface area (Å²) in [6, 6.07) is 0. The summed E-state index contributed by atoms with van der Waals surface area (Å²) in [6.07, 6.45) is 8.72. The number of allylic oxidation sites excluding steroid dienone is 2. The van der Waals surface area contributed by atoms with Crippen molar-refractivity contribution in [3.05, 3.63) is 35.6 Å². The Morgan fingerprint density at radius 2 is 1.71 bits per heavy atom. The summed E-state index contributed by atoms with van der Waals surface area (Å²) in [6.45, 7) is 0. The van der Waals surface area contributed by atoms with Crippen molar-refractivity contribution in [1.82, 2.24) is 15.3 Å². The van der Waals surface area contributed by atoms with Gasteiger partial charge in [-0.2, -0.15) is 0 Å². The van der Waals surface area contributed by atoms with Crippen molar-refractivity contribution in [3.63, 3.8) is 0 Å². The van der Waals surface area contributed by atoms with E-state index >= 15 is 0 Å². The molecule has 0 unspecified atom stereocenters. The molecule has 2 aliphatic carbocycles. The van der Waals surface area contributed by atoms with Gasteiger partial charge in [-0.3, -0.25) is 14.4 Å². The number of carbonyl (C=O) groups is 3. The monoisotopic (exact) mass is 285 g/mol. The van der Waals surface area contributed by atoms with Gasteiger partial charge in [0.2, 0.25) is 17.5 Å². The summed E-state index contributed by atoms with van der Waals surface area (Å²) in [4.78, 5) is 44.1. The average Bonchev–Trinajstić information content (AvgIpc) is 2.53. The molecule has 6 heteroatoms. The van der Waals surface area contributed by atoms with E-state index in [4.69, 9.17) is 0 Å². The van der Waals surface area contributed by atoms with E-state index in [2.05, 4.69) is 15.3 Å². The van der Waals surface area contributed by atoms with Crippen LogP contribution in [0.1, 0.15) is 53.1 Å². The fraction of sp³-hybridized carbons (Fsp3) is 0.400. The minimum absolute atomic E-state index is 0.00331. The van der Waals surface area contributed by atoms with Gasteiger partial charge in [0.1, 0.15) is 11.4 Å². The fourth-order valence-corrected chi connectivity index (χ4v) is 2.77. The molecule has 0 radical (unpaired) electrons. The van der Waals surface area contributed by atoms with Crippen molar-refractivity contribution in [2.24, 2.45) is 5.92 Å². The molecule has 0 saturated heterocycles. The lowest BCUT2D eigenvalue weighted by molar-refractivity contribution is -0.125. The molecule has 108 valence electrons. The number of carbonyl (C=O) groups excluding carboxylic acids is 3. The van der Waals surface area contributed by atoms with Gasteiger partial charge < -0.3 is 5.32 Å². The zero-order chi connectivity index (χ0) is 14.8. The molecular formula is C15H15N3O3. The van der Waals surface area contributed by atoms with Gasteiger partial charge in [0.25, 0.3) is 0 Å². The van der Waals surface area contributed by atoms with Gasteiger partial charge in [-0.1, -0.05) is 19.3 Å². The van der Waals surface area contributed by atoms with Crippen LogP contribution in [-0.4, -0.2) is 27.4 Å². The molecular weight excluding hydrogens is 270 g/mol. The Morgan fingerprint density at radius 3 is 2.43 bits per heavy atom. The molecule has 6 nitrogen and oxygen atoms in total. The highest BCUT2D eigenvalue weighted by Gasteiger charge is 2.30. The third-order valence-electron chi connectivity index (χ3n) is 3.90. The predicted molar refractivity (Wildman–Crippen MR) is 73.5 cm³/mol. The van der Waals surface area contributed by atoms with Crippen LogP contribution in [-0.2, 0) is 4.79 Å². The first-order valence-electron chi connectivity index (χ1n) is 7.09. The lowest BCUT2D eigenvalue weighted by atomic mass is 9.88. The molecule has 1 N–H and O–H groups in total. The number of ketones is 2. The number of rotatable bonds is 2. The van der Waals surface area contributed by atoms with Crippen molar-refractivity contribution in [2.75, 3.05) is 0 Å². The molecule has 0 aromatic carbocycles. The summed E-state index contributed by atoms with van der Waals surface area (Å²) >= 11 is 0. The van der Waals surface area contributed by atoms with E-state index in [0.29, 0.717) is 0 Å². The van der Waals surface area contributed by atoms with Crippen LogP contribution in [0.25, 0.3) is 0 Å². The van der Waals surface area contributed by atoms with Gasteiger partial charge in [-0.25, -0.2) is 9.97 Å². The highest BCUT2D eigenvalue weighted by molar-refractivity contribution is 6.23. The third-order valence-corrected chi connectivity index (χ3v) is 3.90. The highest BCUT2D eigenvalue weighted by atomic mass is 16.2. The zero-order valence-corrected chi connectivity index (χ0v) is 11.5. The Bertz CT molecular complexity index is 645. The van der Waals surface area contributed by atoms with E-state index < -0.39 is 11.6 Å². The Morgan fingerprint density at radius 1 is 1.05 bits per heavy atom. The topological polar surface area (TPSA) is 89.0 Å². The first kappa shape index (κ1) is 13.6. The van der Waals surface area contributed by atoms with E-state index in [-0.39, 0.29) is 28.9 Å². The van der Waals surface area contributed by atoms with Gasteiger partial charge in [0, 0.05) is 24.4 Å². The minimum atomic E-state index is -0.457. The van der Waals surface area contributed by atoms with E-state index in [1.165, 1.54) is 12.4 Å². The van der Waals surface area contributed by atoms with E-state index in [1.54, 1.807) is 0 Å². The molecule has 3 rings (SSSR count). The smallest absolute Gasteiger partial charge is 0.230 e. The van der Waals surface area contributed by atoms with E-state index in [9.17, 15) is 14.4 Å². The molecule has 0 bridgehead atoms. The van der Waals surface area contributed by atoms with Crippen LogP contribution >= 0.6 is 0 Å². The van der Waals surface area contributed by atoms with Crippen LogP contribution < -0.4 is 5.32 Å². The van der Waals surface area contributed by atoms with E-state index in [0.717, 1.165) is 38.2 Å². The molecule has 21 heavy (non-hydrogen) atoms. The van der Waals surface area contributed by atoms with Gasteiger partial charge >= 0.3 is 0 Å². The number of nitrogens with one attached hydrogen (secondary N) is 1. The Labute approximate surface area is 121 Å². The first-order valence-corrected chi connectivity index (χ1v) is 7.09. The highest BCUT2D eigenvalue weighted by Crippen LogP contribution is 2.24. The summed E-state index contributed by atoms with van der Waals surface area (Å²) in [7, 11) is 0. The number of fused-ring (bicyclic) bond motifs is 1. The second-order valence-electron chi connectivity index (χ2n) is 5.33. The maximum atomic E-state index is 12.2. The van der Waals surface area contributed by atoms with Crippen molar-refractivity contribution in [3.8, 4) is 0 Å². The number of hydrogen-bond donors (Lipinski definition) is 1. The summed E-state index contributed by atoms with van der Waals surface area (Å²) < 4.78 is 0. The molecule has 1 amide bonds. The fourth-order valence-electron chi connectivity index (χ4n) is 2.77. The van der Waals surface area contributed by atoms with Crippen LogP contribution in [0.2, 0.25) is 0 Å². The standard InChI is InChI=1S/C15H15N3O3/c19-11-8-10(14(20)13-12(11)16-6-7-17-13)18-15(21)9-4-2-1-3-5-9/h6-9H,1-5H2,(H,18,21). The van der Waals surface area contributed by atoms with Gasteiger partial charge in [-0.15, -0.1) is 0 Å². The van der Waals surface area contributed by atoms with Crippen LogP contribution in [0.3, 0.4) is 0 Å². The minimum Gasteiger partial charge on any atom is -0.322 e. The largest absolute Gasteiger partial charge is 0.322 e. The molecule has 1 saturated carbocycles. The second kappa shape index (κ2) is 5.55. The van der Waals surface area contributed by atoms with Crippen LogP contribution in [0.15, 0.2) is 24.2 Å². The van der Waals surface area contributed by atoms with Crippen molar-refractivity contribution in [2.45, 2.75) is 32.1 Å². The summed E-state index contributed by atoms with van der Waals surface area (Å²) in [5.74, 6) is -1.13. The quantitative estimate of drug-likeness (QED) is 0.888. The van der Waals surface area contributed by atoms with Crippen molar-refractivity contribution >= 4 is 17.5 Å². The molecule has 2 aliphatic rings. The summed E-state index contributed by atoms with van der Waals surface area (Å²) in [5.41, 5.74) is 0.0469. The Balaban J connectivity index is 1.79. The Kier molecular flexibility index (Phi) is 3.60. The zero-order valence-electron chi connectivity index (χ0n) is 11.5. The molecule has 1 aromatic heterocycles. The SMILES string of the molecule is O=C1C=C(NC(=O)C2CCCCC2)C(=O)c2nccnc21. The molecule has 0 spiro atoms. The molecule has 0 atom stereocenters. The number of aromatic nitrogens is 2. The number of hydrogen-bond acceptors (Lipinski definition) is 5. The lowest BCUT2D eigenvalue weighted by Gasteiger charge is -2.22. The maximum Gasteiger partial charge on any atom is 0.230 e. The number of amides is 1. The Hall–Kier alpha value is -2.37. The summed E-state index contributed by atoms with van der Waals surface area (Å²) in [5, 5.41) is 2.59. The van der Waals surface area contributed by atoms with Gasteiger partial charge in [0.15, 0.2) is 0 Å². The second-order valence-corrected chi connectivity index (χ2v) is 5.33. The lowest BCUT2D eigenvalue weighted by Crippen LogP contribution is -2.36. The first-order chi connectivity index (χ1) is 10.2. The van der Waals surface area contributed by atoms with Crippen LogP contribution in [0.5, 0.6) is 0 Å². The normalized spacial score (nSPS) is 19.0. The maximum absolute atomic E-state index is 12.2. The van der Waals surface area contributed by atoms with E-state index in [1.807, 2.05) is 0 Å². The molecule has 1 heterocycles. The molecule has 1 fully saturated rings. The third kappa shape index (κ3) is 2.61. The van der Waals surface area contributed by atoms with Crippen molar-refractivity contribution in [1.29, 1.82) is 0 Å². The number of Topliss-reactive ketones (excluding diaryl/α,β-unsaturated/α-hetero) is 1. The van der Waals surface area contributed by atoms with Gasteiger partial charge in [-0.05, 0) is 12.8 Å². The van der Waals surface area contributed by atoms with Crippen LogP contribution in [0.4, 0.5) is 0 Å². The average molecular weight is 285 g/mol. The van der Waals surface area contributed by atoms with Crippen LogP contribution in [0, 0.1) is 5.92 Å².